The number of pyridine rings is 1. The minimum absolute atomic E-state index is 0.0235. The lowest BCUT2D eigenvalue weighted by Gasteiger charge is -2.18. The number of carbonyl (C=O) groups excluding carboxylic acids is 1. The van der Waals surface area contributed by atoms with Crippen LogP contribution in [0.1, 0.15) is 30.8 Å². The third-order valence-corrected chi connectivity index (χ3v) is 5.37. The van der Waals surface area contributed by atoms with Crippen molar-refractivity contribution < 1.29 is 27.1 Å². The van der Waals surface area contributed by atoms with Gasteiger partial charge >= 0.3 is 12.1 Å². The minimum Gasteiger partial charge on any atom is -0.468 e. The van der Waals surface area contributed by atoms with Gasteiger partial charge in [0.1, 0.15) is 28.3 Å². The number of carbonyl (C=O) groups is 1. The lowest BCUT2D eigenvalue weighted by molar-refractivity contribution is -0.146. The van der Waals surface area contributed by atoms with Gasteiger partial charge in [-0.1, -0.05) is 18.2 Å². The fourth-order valence-electron chi connectivity index (χ4n) is 3.49. The van der Waals surface area contributed by atoms with E-state index in [9.17, 15) is 27.2 Å². The summed E-state index contributed by atoms with van der Waals surface area (Å²) in [5.74, 6) is -1.46. The number of fused-ring (bicyclic) bond motifs is 1. The number of nitrogens with one attached hydrogen (secondary N) is 1. The summed E-state index contributed by atoms with van der Waals surface area (Å²) in [6.45, 7) is 2.63. The molecule has 0 aliphatic rings. The number of esters is 1. The van der Waals surface area contributed by atoms with Gasteiger partial charge < -0.3 is 9.72 Å². The number of nitrogens with zero attached hydrogens (tertiary/aromatic N) is 5. The van der Waals surface area contributed by atoms with Gasteiger partial charge in [-0.05, 0) is 32.0 Å². The van der Waals surface area contributed by atoms with Crippen molar-refractivity contribution in [1.29, 1.82) is 0 Å². The van der Waals surface area contributed by atoms with Crippen LogP contribution in [0.2, 0.25) is 0 Å². The molecule has 13 heteroatoms. The summed E-state index contributed by atoms with van der Waals surface area (Å²) in [6.07, 6.45) is -4.73. The van der Waals surface area contributed by atoms with E-state index in [1.54, 1.807) is 6.07 Å². The van der Waals surface area contributed by atoms with Gasteiger partial charge in [-0.2, -0.15) is 18.3 Å². The Labute approximate surface area is 194 Å². The first-order valence-electron chi connectivity index (χ1n) is 10.2. The van der Waals surface area contributed by atoms with Gasteiger partial charge in [0.25, 0.3) is 5.56 Å². The number of benzene rings is 1. The molecule has 3 heterocycles. The van der Waals surface area contributed by atoms with Crippen molar-refractivity contribution in [2.75, 3.05) is 7.11 Å². The van der Waals surface area contributed by atoms with Crippen LogP contribution < -0.4 is 5.56 Å². The standard InChI is InChI=1S/C22H18F4N6O3/c1-21(2,20(34)35-3)16-19(33)28-17(30-29-16)15-12-8-9-14(22(24,25)26)27-18(12)32(31-15)10-11-6-4-5-7-13(11)23/h4-9H,10H2,1-3H3,(H,28,30,33). The van der Waals surface area contributed by atoms with Crippen LogP contribution in [0.15, 0.2) is 41.2 Å². The van der Waals surface area contributed by atoms with E-state index in [1.165, 1.54) is 32.0 Å². The van der Waals surface area contributed by atoms with E-state index in [0.717, 1.165) is 23.9 Å². The quantitative estimate of drug-likeness (QED) is 0.337. The molecule has 0 saturated carbocycles. The second-order valence-electron chi connectivity index (χ2n) is 8.13. The highest BCUT2D eigenvalue weighted by Gasteiger charge is 2.36. The van der Waals surface area contributed by atoms with Crippen molar-refractivity contribution in [2.24, 2.45) is 0 Å². The highest BCUT2D eigenvalue weighted by Crippen LogP contribution is 2.32. The molecular formula is C22H18F4N6O3. The van der Waals surface area contributed by atoms with E-state index >= 15 is 0 Å². The topological polar surface area (TPSA) is 116 Å². The van der Waals surface area contributed by atoms with Crippen LogP contribution >= 0.6 is 0 Å². The molecule has 0 unspecified atom stereocenters. The Kier molecular flexibility index (Phi) is 5.87. The molecule has 0 radical (unpaired) electrons. The molecule has 0 amide bonds. The van der Waals surface area contributed by atoms with E-state index in [1.807, 2.05) is 0 Å². The molecule has 1 aromatic carbocycles. The van der Waals surface area contributed by atoms with Crippen LogP contribution in [-0.2, 0) is 27.7 Å². The number of H-pyrrole nitrogens is 1. The van der Waals surface area contributed by atoms with Crippen LogP contribution in [-0.4, -0.2) is 43.0 Å². The smallest absolute Gasteiger partial charge is 0.433 e. The van der Waals surface area contributed by atoms with Crippen LogP contribution in [0.4, 0.5) is 17.6 Å². The van der Waals surface area contributed by atoms with E-state index in [-0.39, 0.29) is 40.4 Å². The van der Waals surface area contributed by atoms with Crippen LogP contribution in [0.5, 0.6) is 0 Å². The van der Waals surface area contributed by atoms with Gasteiger partial charge in [-0.25, -0.2) is 14.1 Å². The zero-order chi connectivity index (χ0) is 25.5. The average molecular weight is 490 g/mol. The maximum Gasteiger partial charge on any atom is 0.433 e. The molecule has 4 aromatic rings. The molecule has 0 atom stereocenters. The Balaban J connectivity index is 1.88. The molecule has 0 fully saturated rings. The SMILES string of the molecule is COC(=O)C(C)(C)c1nnc(-c2nn(Cc3ccccc3F)c3nc(C(F)(F)F)ccc23)[nH]c1=O. The summed E-state index contributed by atoms with van der Waals surface area (Å²) in [6, 6.07) is 7.62. The van der Waals surface area contributed by atoms with Gasteiger partial charge in [0, 0.05) is 5.56 Å². The second-order valence-corrected chi connectivity index (χ2v) is 8.13. The van der Waals surface area contributed by atoms with E-state index in [0.29, 0.717) is 0 Å². The number of rotatable bonds is 5. The van der Waals surface area contributed by atoms with Crippen molar-refractivity contribution in [3.05, 3.63) is 69.5 Å². The molecule has 0 saturated heterocycles. The summed E-state index contributed by atoms with van der Waals surface area (Å²) in [5, 5.41) is 12.2. The number of hydrogen-bond acceptors (Lipinski definition) is 7. The normalized spacial score (nSPS) is 12.2. The third kappa shape index (κ3) is 4.36. The van der Waals surface area contributed by atoms with Crippen LogP contribution in [0.3, 0.4) is 0 Å². The monoisotopic (exact) mass is 490 g/mol. The van der Waals surface area contributed by atoms with Crippen molar-refractivity contribution in [3.63, 3.8) is 0 Å². The summed E-state index contributed by atoms with van der Waals surface area (Å²) in [4.78, 5) is 30.9. The van der Waals surface area contributed by atoms with Crippen molar-refractivity contribution in [2.45, 2.75) is 32.0 Å². The summed E-state index contributed by atoms with van der Waals surface area (Å²) in [7, 11) is 1.16. The van der Waals surface area contributed by atoms with Gasteiger partial charge in [0.05, 0.1) is 19.0 Å². The molecule has 0 aliphatic heterocycles. The maximum atomic E-state index is 14.2. The summed E-state index contributed by atoms with van der Waals surface area (Å²) in [5.41, 5.74) is -3.62. The van der Waals surface area contributed by atoms with Gasteiger partial charge in [-0.15, -0.1) is 10.2 Å². The second kappa shape index (κ2) is 8.56. The van der Waals surface area contributed by atoms with Crippen molar-refractivity contribution >= 4 is 17.0 Å². The van der Waals surface area contributed by atoms with E-state index in [2.05, 4.69) is 25.3 Å². The molecule has 0 aliphatic carbocycles. The lowest BCUT2D eigenvalue weighted by atomic mass is 9.90. The van der Waals surface area contributed by atoms with Gasteiger partial charge in [0.2, 0.25) is 0 Å². The maximum absolute atomic E-state index is 14.2. The first kappa shape index (κ1) is 24.0. The Morgan fingerprint density at radius 1 is 1.11 bits per heavy atom. The number of aromatic nitrogens is 6. The zero-order valence-electron chi connectivity index (χ0n) is 18.6. The molecule has 35 heavy (non-hydrogen) atoms. The fourth-order valence-corrected chi connectivity index (χ4v) is 3.49. The molecule has 182 valence electrons. The molecule has 1 N–H and O–H groups in total. The van der Waals surface area contributed by atoms with E-state index in [4.69, 9.17) is 4.74 Å². The molecular weight excluding hydrogens is 472 g/mol. The minimum atomic E-state index is -4.73. The van der Waals surface area contributed by atoms with Gasteiger partial charge in [-0.3, -0.25) is 9.59 Å². The highest BCUT2D eigenvalue weighted by molar-refractivity contribution is 5.89. The average Bonchev–Trinajstić information content (AvgIpc) is 3.17. The first-order valence-corrected chi connectivity index (χ1v) is 10.2. The molecule has 0 bridgehead atoms. The Morgan fingerprint density at radius 3 is 2.46 bits per heavy atom. The van der Waals surface area contributed by atoms with Crippen LogP contribution in [0.25, 0.3) is 22.6 Å². The zero-order valence-corrected chi connectivity index (χ0v) is 18.6. The number of methoxy groups -OCH3 is 1. The van der Waals surface area contributed by atoms with Gasteiger partial charge in [0.15, 0.2) is 11.5 Å². The Hall–Kier alpha value is -4.16. The fraction of sp³-hybridized carbons (Fsp3) is 0.273. The van der Waals surface area contributed by atoms with Crippen molar-refractivity contribution in [3.8, 4) is 11.5 Å². The molecule has 3 aromatic heterocycles. The first-order chi connectivity index (χ1) is 16.4. The van der Waals surface area contributed by atoms with Crippen molar-refractivity contribution in [1.82, 2.24) is 29.9 Å². The number of aromatic amines is 1. The number of ether oxygens (including phenoxy) is 1. The molecule has 9 nitrogen and oxygen atoms in total. The predicted molar refractivity (Wildman–Crippen MR) is 115 cm³/mol. The Morgan fingerprint density at radius 2 is 1.83 bits per heavy atom. The number of hydrogen-bond donors (Lipinski definition) is 1. The Bertz CT molecular complexity index is 1490. The van der Waals surface area contributed by atoms with E-state index < -0.39 is 34.6 Å². The molecule has 4 rings (SSSR count). The number of halogens is 4. The predicted octanol–water partition coefficient (Wildman–Crippen LogP) is 3.23. The third-order valence-electron chi connectivity index (χ3n) is 5.37. The largest absolute Gasteiger partial charge is 0.468 e. The van der Waals surface area contributed by atoms with Crippen LogP contribution in [0, 0.1) is 5.82 Å². The molecule has 0 spiro atoms. The summed E-state index contributed by atoms with van der Waals surface area (Å²) < 4.78 is 60.0. The summed E-state index contributed by atoms with van der Waals surface area (Å²) >= 11 is 0. The lowest BCUT2D eigenvalue weighted by Crippen LogP contribution is -2.38. The highest BCUT2D eigenvalue weighted by atomic mass is 19.4. The number of alkyl halides is 3.